The van der Waals surface area contributed by atoms with Crippen molar-refractivity contribution in [3.63, 3.8) is 0 Å². The van der Waals surface area contributed by atoms with Gasteiger partial charge in [0.25, 0.3) is 0 Å². The van der Waals surface area contributed by atoms with E-state index >= 15 is 0 Å². The van der Waals surface area contributed by atoms with Gasteiger partial charge in [0.15, 0.2) is 0 Å². The number of carbonyl (C=O) groups is 1. The van der Waals surface area contributed by atoms with Gasteiger partial charge in [0.2, 0.25) is 5.91 Å². The lowest BCUT2D eigenvalue weighted by molar-refractivity contribution is -0.127. The molecule has 0 aliphatic carbocycles. The van der Waals surface area contributed by atoms with Crippen molar-refractivity contribution < 1.29 is 9.53 Å². The average molecular weight is 202 g/mol. The second-order valence-corrected chi connectivity index (χ2v) is 3.64. The summed E-state index contributed by atoms with van der Waals surface area (Å²) in [5.41, 5.74) is 5.29. The molecule has 0 rings (SSSR count). The Hall–Kier alpha value is -0.610. The summed E-state index contributed by atoms with van der Waals surface area (Å²) >= 11 is 0. The van der Waals surface area contributed by atoms with E-state index in [9.17, 15) is 4.79 Å². The maximum atomic E-state index is 11.4. The van der Waals surface area contributed by atoms with Gasteiger partial charge < -0.3 is 15.8 Å². The Balaban J connectivity index is 3.96. The van der Waals surface area contributed by atoms with Crippen molar-refractivity contribution in [3.05, 3.63) is 0 Å². The summed E-state index contributed by atoms with van der Waals surface area (Å²) in [4.78, 5) is 11.4. The Morgan fingerprint density at radius 2 is 2.14 bits per heavy atom. The van der Waals surface area contributed by atoms with Crippen molar-refractivity contribution in [2.45, 2.75) is 39.2 Å². The number of rotatable bonds is 7. The molecule has 0 aromatic heterocycles. The summed E-state index contributed by atoms with van der Waals surface area (Å²) in [6, 6.07) is 0. The third-order valence-corrected chi connectivity index (χ3v) is 2.35. The highest BCUT2D eigenvalue weighted by molar-refractivity contribution is 5.77. The number of hydrogen-bond donors (Lipinski definition) is 2. The molecular formula is C10H22N2O2. The van der Waals surface area contributed by atoms with Crippen LogP contribution in [0.1, 0.15) is 33.6 Å². The minimum Gasteiger partial charge on any atom is -0.372 e. The monoisotopic (exact) mass is 202 g/mol. The highest BCUT2D eigenvalue weighted by atomic mass is 16.5. The number of nitrogens with two attached hydrogens (primary N) is 1. The molecule has 3 N–H and O–H groups in total. The fourth-order valence-electron chi connectivity index (χ4n) is 1.21. The first-order chi connectivity index (χ1) is 6.58. The number of ether oxygens (including phenoxy) is 1. The van der Waals surface area contributed by atoms with Crippen LogP contribution in [0.25, 0.3) is 0 Å². The molecule has 0 spiro atoms. The molecule has 1 atom stereocenters. The highest BCUT2D eigenvalue weighted by Gasteiger charge is 2.22. The van der Waals surface area contributed by atoms with Crippen molar-refractivity contribution >= 4 is 5.91 Å². The number of amides is 1. The molecule has 4 heteroatoms. The van der Waals surface area contributed by atoms with E-state index in [1.165, 1.54) is 0 Å². The molecule has 0 aliphatic heterocycles. The lowest BCUT2D eigenvalue weighted by Crippen LogP contribution is -2.48. The molecule has 1 amide bonds. The van der Waals surface area contributed by atoms with Gasteiger partial charge in [-0.05, 0) is 33.2 Å². The van der Waals surface area contributed by atoms with Crippen LogP contribution in [0.3, 0.4) is 0 Å². The summed E-state index contributed by atoms with van der Waals surface area (Å²) in [6.45, 7) is 7.19. The Morgan fingerprint density at radius 1 is 1.50 bits per heavy atom. The van der Waals surface area contributed by atoms with E-state index in [-0.39, 0.29) is 18.1 Å². The van der Waals surface area contributed by atoms with E-state index in [0.29, 0.717) is 13.2 Å². The van der Waals surface area contributed by atoms with Crippen LogP contribution in [0.5, 0.6) is 0 Å². The Bertz CT molecular complexity index is 174. The van der Waals surface area contributed by atoms with Crippen LogP contribution in [0.4, 0.5) is 0 Å². The van der Waals surface area contributed by atoms with Crippen LogP contribution < -0.4 is 11.1 Å². The van der Waals surface area contributed by atoms with Gasteiger partial charge >= 0.3 is 0 Å². The topological polar surface area (TPSA) is 64.3 Å². The summed E-state index contributed by atoms with van der Waals surface area (Å²) in [6.07, 6.45) is 1.67. The molecule has 0 fully saturated rings. The molecule has 0 bridgehead atoms. The van der Waals surface area contributed by atoms with Crippen LogP contribution >= 0.6 is 0 Å². The van der Waals surface area contributed by atoms with Crippen LogP contribution in [0.15, 0.2) is 0 Å². The van der Waals surface area contributed by atoms with E-state index in [4.69, 9.17) is 10.5 Å². The predicted molar refractivity (Wildman–Crippen MR) is 57.0 cm³/mol. The van der Waals surface area contributed by atoms with Gasteiger partial charge in [-0.3, -0.25) is 4.79 Å². The first-order valence-corrected chi connectivity index (χ1v) is 5.16. The van der Waals surface area contributed by atoms with Crippen LogP contribution in [0.2, 0.25) is 0 Å². The number of nitrogens with one attached hydrogen (secondary N) is 1. The first kappa shape index (κ1) is 13.4. The van der Waals surface area contributed by atoms with Gasteiger partial charge in [-0.15, -0.1) is 0 Å². The smallest absolute Gasteiger partial charge is 0.246 e. The van der Waals surface area contributed by atoms with Crippen LogP contribution in [0, 0.1) is 0 Å². The average Bonchev–Trinajstić information content (AvgIpc) is 2.15. The lowest BCUT2D eigenvalue weighted by Gasteiger charge is -2.29. The van der Waals surface area contributed by atoms with Crippen LogP contribution in [-0.2, 0) is 9.53 Å². The molecule has 0 aliphatic rings. The number of carbonyl (C=O) groups excluding carboxylic acids is 1. The Morgan fingerprint density at radius 3 is 2.57 bits per heavy atom. The van der Waals surface area contributed by atoms with E-state index in [0.717, 1.165) is 12.8 Å². The number of hydrogen-bond acceptors (Lipinski definition) is 3. The van der Waals surface area contributed by atoms with E-state index < -0.39 is 0 Å². The van der Waals surface area contributed by atoms with Crippen LogP contribution in [-0.4, -0.2) is 31.2 Å². The lowest BCUT2D eigenvalue weighted by atomic mass is 9.94. The second kappa shape index (κ2) is 6.79. The largest absolute Gasteiger partial charge is 0.372 e. The molecule has 0 heterocycles. The molecule has 4 nitrogen and oxygen atoms in total. The molecule has 14 heavy (non-hydrogen) atoms. The molecule has 0 aromatic carbocycles. The van der Waals surface area contributed by atoms with Gasteiger partial charge in [-0.2, -0.15) is 0 Å². The Kier molecular flexibility index (Phi) is 6.49. The van der Waals surface area contributed by atoms with Crippen molar-refractivity contribution in [1.29, 1.82) is 0 Å². The van der Waals surface area contributed by atoms with Gasteiger partial charge in [-0.25, -0.2) is 0 Å². The van der Waals surface area contributed by atoms with E-state index in [1.807, 2.05) is 20.8 Å². The third-order valence-electron chi connectivity index (χ3n) is 2.35. The minimum atomic E-state index is -0.192. The van der Waals surface area contributed by atoms with Crippen molar-refractivity contribution in [2.24, 2.45) is 5.73 Å². The summed E-state index contributed by atoms with van der Waals surface area (Å²) < 4.78 is 5.02. The zero-order valence-electron chi connectivity index (χ0n) is 9.43. The highest BCUT2D eigenvalue weighted by Crippen LogP contribution is 2.12. The zero-order valence-corrected chi connectivity index (χ0v) is 9.43. The summed E-state index contributed by atoms with van der Waals surface area (Å²) in [5.74, 6) is -0.0651. The fraction of sp³-hybridized carbons (Fsp3) is 0.900. The van der Waals surface area contributed by atoms with Gasteiger partial charge in [0, 0.05) is 12.1 Å². The molecule has 0 aromatic rings. The first-order valence-electron chi connectivity index (χ1n) is 5.16. The zero-order chi connectivity index (χ0) is 11.0. The quantitative estimate of drug-likeness (QED) is 0.637. The molecular weight excluding hydrogens is 180 g/mol. The third kappa shape index (κ3) is 5.19. The van der Waals surface area contributed by atoms with Crippen molar-refractivity contribution in [2.75, 3.05) is 19.8 Å². The van der Waals surface area contributed by atoms with E-state index in [1.54, 1.807) is 0 Å². The standard InChI is InChI=1S/C10H22N2O2/c1-4-10(3,6-7-11)12-9(13)8-14-5-2/h4-8,11H2,1-3H3,(H,12,13). The maximum absolute atomic E-state index is 11.4. The normalized spacial score (nSPS) is 14.9. The SMILES string of the molecule is CCOCC(=O)NC(C)(CC)CCN. The van der Waals surface area contributed by atoms with Crippen molar-refractivity contribution in [3.8, 4) is 0 Å². The molecule has 0 saturated carbocycles. The summed E-state index contributed by atoms with van der Waals surface area (Å²) in [5, 5.41) is 2.93. The molecule has 0 radical (unpaired) electrons. The summed E-state index contributed by atoms with van der Waals surface area (Å²) in [7, 11) is 0. The molecule has 84 valence electrons. The minimum absolute atomic E-state index is 0.0651. The van der Waals surface area contributed by atoms with Gasteiger partial charge in [-0.1, -0.05) is 6.92 Å². The Labute approximate surface area is 86.2 Å². The second-order valence-electron chi connectivity index (χ2n) is 3.64. The van der Waals surface area contributed by atoms with E-state index in [2.05, 4.69) is 5.32 Å². The van der Waals surface area contributed by atoms with Gasteiger partial charge in [0.05, 0.1) is 0 Å². The molecule has 0 saturated heterocycles. The fourth-order valence-corrected chi connectivity index (χ4v) is 1.21. The molecule has 1 unspecified atom stereocenters. The predicted octanol–water partition coefficient (Wildman–Crippen LogP) is 0.657. The van der Waals surface area contributed by atoms with Gasteiger partial charge in [0.1, 0.15) is 6.61 Å². The maximum Gasteiger partial charge on any atom is 0.246 e. The van der Waals surface area contributed by atoms with Crippen molar-refractivity contribution in [1.82, 2.24) is 5.32 Å².